The molecule has 2 nitrogen and oxygen atoms in total. The maximum atomic E-state index is 14.8. The van der Waals surface area contributed by atoms with E-state index in [1.54, 1.807) is 12.1 Å². The molecular weight excluding hydrogens is 382 g/mol. The average Bonchev–Trinajstić information content (AvgIpc) is 3.31. The molecule has 3 aromatic rings. The summed E-state index contributed by atoms with van der Waals surface area (Å²) in [7, 11) is 2.14. The second kappa shape index (κ2) is 9.34. The van der Waals surface area contributed by atoms with Gasteiger partial charge in [0.15, 0.2) is 0 Å². The molecule has 0 saturated heterocycles. The third-order valence-electron chi connectivity index (χ3n) is 6.02. The van der Waals surface area contributed by atoms with Gasteiger partial charge in [0.1, 0.15) is 19.5 Å². The number of aryl methyl sites for hydroxylation is 1. The van der Waals surface area contributed by atoms with E-state index in [0.717, 1.165) is 36.5 Å². The highest BCUT2D eigenvalue weighted by atomic mass is 19.1. The normalized spacial score (nSPS) is 13.8. The Bertz CT molecular complexity index is 1150. The van der Waals surface area contributed by atoms with Crippen LogP contribution < -0.4 is 10.8 Å². The molecule has 0 radical (unpaired) electrons. The van der Waals surface area contributed by atoms with Crippen molar-refractivity contribution in [2.24, 2.45) is 4.99 Å². The van der Waals surface area contributed by atoms with E-state index < -0.39 is 0 Å². The number of amidine groups is 1. The Morgan fingerprint density at radius 2 is 1.90 bits per heavy atom. The van der Waals surface area contributed by atoms with E-state index in [4.69, 9.17) is 0 Å². The Balaban J connectivity index is 1.67. The van der Waals surface area contributed by atoms with E-state index in [1.165, 1.54) is 33.3 Å². The third kappa shape index (κ3) is 4.48. The Kier molecular flexibility index (Phi) is 6.36. The molecule has 0 bridgehead atoms. The molecule has 1 aliphatic heterocycles. The first-order valence-electron chi connectivity index (χ1n) is 11.0. The summed E-state index contributed by atoms with van der Waals surface area (Å²) >= 11 is 0. The van der Waals surface area contributed by atoms with Crippen molar-refractivity contribution in [2.75, 3.05) is 13.1 Å². The summed E-state index contributed by atoms with van der Waals surface area (Å²) < 4.78 is 14.8. The van der Waals surface area contributed by atoms with E-state index in [-0.39, 0.29) is 5.82 Å². The molecule has 31 heavy (non-hydrogen) atoms. The summed E-state index contributed by atoms with van der Waals surface area (Å²) in [5, 5.41) is 3.28. The molecular formula is C27H28BFN2. The van der Waals surface area contributed by atoms with Crippen molar-refractivity contribution in [1.29, 1.82) is 0 Å². The van der Waals surface area contributed by atoms with Crippen molar-refractivity contribution >= 4 is 24.7 Å². The molecule has 0 aliphatic carbocycles. The number of allylic oxidation sites excluding steroid dienone is 1. The quantitative estimate of drug-likeness (QED) is 0.611. The highest BCUT2D eigenvalue weighted by Crippen LogP contribution is 2.28. The van der Waals surface area contributed by atoms with Crippen molar-refractivity contribution in [1.82, 2.24) is 5.32 Å². The van der Waals surface area contributed by atoms with Crippen LogP contribution in [-0.2, 0) is 12.8 Å². The monoisotopic (exact) mass is 410 g/mol. The number of halogens is 1. The van der Waals surface area contributed by atoms with Crippen LogP contribution in [0.4, 0.5) is 4.39 Å². The zero-order valence-electron chi connectivity index (χ0n) is 18.5. The van der Waals surface area contributed by atoms with Crippen LogP contribution in [0.25, 0.3) is 5.57 Å². The van der Waals surface area contributed by atoms with E-state index >= 15 is 0 Å². The van der Waals surface area contributed by atoms with E-state index in [1.807, 2.05) is 12.1 Å². The maximum absolute atomic E-state index is 14.8. The molecule has 0 aromatic heterocycles. The smallest absolute Gasteiger partial charge is 0.139 e. The van der Waals surface area contributed by atoms with Gasteiger partial charge < -0.3 is 5.32 Å². The van der Waals surface area contributed by atoms with Crippen molar-refractivity contribution in [3.8, 4) is 0 Å². The molecule has 1 N–H and O–H groups in total. The molecule has 3 aromatic carbocycles. The summed E-state index contributed by atoms with van der Waals surface area (Å²) in [5.74, 6) is 0.661. The Hall–Kier alpha value is -3.14. The number of rotatable bonds is 6. The first-order valence-corrected chi connectivity index (χ1v) is 11.0. The maximum Gasteiger partial charge on any atom is 0.139 e. The van der Waals surface area contributed by atoms with Gasteiger partial charge in [-0.2, -0.15) is 0 Å². The van der Waals surface area contributed by atoms with Gasteiger partial charge >= 0.3 is 0 Å². The second-order valence-electron chi connectivity index (χ2n) is 8.09. The van der Waals surface area contributed by atoms with Crippen LogP contribution >= 0.6 is 0 Å². The highest BCUT2D eigenvalue weighted by molar-refractivity contribution is 6.32. The fraction of sp³-hybridized carbons (Fsp3) is 0.222. The molecule has 0 atom stereocenters. The lowest BCUT2D eigenvalue weighted by Crippen LogP contribution is -2.21. The zero-order chi connectivity index (χ0) is 21.8. The lowest BCUT2D eigenvalue weighted by atomic mass is 9.83. The summed E-state index contributed by atoms with van der Waals surface area (Å²) in [4.78, 5) is 4.51. The molecule has 0 spiro atoms. The minimum atomic E-state index is -0.155. The number of nitrogens with one attached hydrogen (secondary N) is 1. The van der Waals surface area contributed by atoms with Crippen molar-refractivity contribution in [3.05, 3.63) is 106 Å². The van der Waals surface area contributed by atoms with Gasteiger partial charge in [-0.05, 0) is 66.1 Å². The highest BCUT2D eigenvalue weighted by Gasteiger charge is 2.17. The minimum Gasteiger partial charge on any atom is -0.368 e. The van der Waals surface area contributed by atoms with Gasteiger partial charge in [-0.3, -0.25) is 4.99 Å². The Labute approximate surface area is 185 Å². The van der Waals surface area contributed by atoms with Crippen LogP contribution in [0.1, 0.15) is 40.3 Å². The lowest BCUT2D eigenvalue weighted by Gasteiger charge is -2.17. The minimum absolute atomic E-state index is 0.155. The standard InChI is InChI=1S/C27H28BFN2/c1-3-22(19-8-5-4-6-9-19)25-17-21(28)16-20(18(25)2)12-13-23-24(10-7-11-26(23)29)27-30-14-15-31-27/h3-11,16-17H,12-15,28H2,1-2H3,(H,30,31)/b22-3-. The topological polar surface area (TPSA) is 24.4 Å². The van der Waals surface area contributed by atoms with Gasteiger partial charge in [-0.25, -0.2) is 4.39 Å². The molecule has 1 heterocycles. The molecule has 4 rings (SSSR count). The van der Waals surface area contributed by atoms with E-state index in [9.17, 15) is 4.39 Å². The van der Waals surface area contributed by atoms with Crippen molar-refractivity contribution in [2.45, 2.75) is 26.7 Å². The van der Waals surface area contributed by atoms with Crippen LogP contribution in [0.2, 0.25) is 0 Å². The van der Waals surface area contributed by atoms with Crippen LogP contribution in [0.5, 0.6) is 0 Å². The van der Waals surface area contributed by atoms with Crippen LogP contribution in [0.15, 0.2) is 71.7 Å². The predicted molar refractivity (Wildman–Crippen MR) is 132 cm³/mol. The number of nitrogens with zero attached hydrogens (tertiary/aromatic N) is 1. The van der Waals surface area contributed by atoms with E-state index in [0.29, 0.717) is 6.42 Å². The number of aliphatic imine (C=N–C) groups is 1. The van der Waals surface area contributed by atoms with Gasteiger partial charge in [-0.1, -0.05) is 66.1 Å². The summed E-state index contributed by atoms with van der Waals surface area (Å²) in [5.41, 5.74) is 9.08. The number of hydrogen-bond donors (Lipinski definition) is 1. The first kappa shape index (κ1) is 21.1. The zero-order valence-corrected chi connectivity index (χ0v) is 18.5. The molecule has 0 amide bonds. The largest absolute Gasteiger partial charge is 0.368 e. The molecule has 0 unspecified atom stereocenters. The van der Waals surface area contributed by atoms with Crippen LogP contribution in [0, 0.1) is 12.7 Å². The van der Waals surface area contributed by atoms with Gasteiger partial charge in [0.25, 0.3) is 0 Å². The number of benzene rings is 3. The van der Waals surface area contributed by atoms with Crippen molar-refractivity contribution in [3.63, 3.8) is 0 Å². The Morgan fingerprint density at radius 3 is 2.61 bits per heavy atom. The predicted octanol–water partition coefficient (Wildman–Crippen LogP) is 3.98. The summed E-state index contributed by atoms with van der Waals surface area (Å²) in [6.07, 6.45) is 3.61. The van der Waals surface area contributed by atoms with Gasteiger partial charge in [0, 0.05) is 12.1 Å². The first-order chi connectivity index (χ1) is 15.1. The molecule has 156 valence electrons. The summed E-state index contributed by atoms with van der Waals surface area (Å²) in [6, 6.07) is 20.3. The van der Waals surface area contributed by atoms with Gasteiger partial charge in [0.2, 0.25) is 0 Å². The molecule has 0 saturated carbocycles. The molecule has 4 heteroatoms. The average molecular weight is 410 g/mol. The molecule has 1 aliphatic rings. The fourth-order valence-electron chi connectivity index (χ4n) is 4.44. The van der Waals surface area contributed by atoms with Crippen LogP contribution in [-0.4, -0.2) is 26.8 Å². The van der Waals surface area contributed by atoms with Gasteiger partial charge in [-0.15, -0.1) is 0 Å². The number of hydrogen-bond acceptors (Lipinski definition) is 2. The molecule has 0 fully saturated rings. The summed E-state index contributed by atoms with van der Waals surface area (Å²) in [6.45, 7) is 5.83. The van der Waals surface area contributed by atoms with Crippen LogP contribution in [0.3, 0.4) is 0 Å². The second-order valence-corrected chi connectivity index (χ2v) is 8.09. The van der Waals surface area contributed by atoms with E-state index in [2.05, 4.69) is 74.5 Å². The Morgan fingerprint density at radius 1 is 1.10 bits per heavy atom. The third-order valence-corrected chi connectivity index (χ3v) is 6.02. The lowest BCUT2D eigenvalue weighted by molar-refractivity contribution is 0.608. The van der Waals surface area contributed by atoms with Crippen molar-refractivity contribution < 1.29 is 4.39 Å². The SMILES string of the molecule is Bc1cc(CCc2c(F)cccc2C2=NCCN2)c(C)c(/C(=C\C)c2ccccc2)c1. The fourth-order valence-corrected chi connectivity index (χ4v) is 4.44. The van der Waals surface area contributed by atoms with Gasteiger partial charge in [0.05, 0.1) is 6.54 Å².